The van der Waals surface area contributed by atoms with E-state index in [0.717, 1.165) is 25.7 Å². The molecule has 1 aliphatic carbocycles. The minimum Gasteiger partial charge on any atom is -0.388 e. The van der Waals surface area contributed by atoms with E-state index in [-0.39, 0.29) is 10.0 Å². The van der Waals surface area contributed by atoms with Crippen molar-refractivity contribution < 1.29 is 9.50 Å². The molecule has 0 heterocycles. The van der Waals surface area contributed by atoms with Crippen LogP contribution in [0.1, 0.15) is 38.5 Å². The predicted octanol–water partition coefficient (Wildman–Crippen LogP) is 4.63. The lowest BCUT2D eigenvalue weighted by molar-refractivity contribution is 0.0381. The van der Waals surface area contributed by atoms with Crippen LogP contribution in [0.15, 0.2) is 12.1 Å². The Morgan fingerprint density at radius 2 is 1.63 bits per heavy atom. The molecule has 0 saturated heterocycles. The summed E-state index contributed by atoms with van der Waals surface area (Å²) in [5.74, 6) is -0.609. The minimum atomic E-state index is -0.691. The van der Waals surface area contributed by atoms with Gasteiger partial charge in [0.25, 0.3) is 0 Å². The topological polar surface area (TPSA) is 32.3 Å². The Morgan fingerprint density at radius 1 is 1.11 bits per heavy atom. The lowest BCUT2D eigenvalue weighted by atomic mass is 9.94. The van der Waals surface area contributed by atoms with Crippen LogP contribution in [0.25, 0.3) is 0 Å². The van der Waals surface area contributed by atoms with Crippen molar-refractivity contribution in [2.75, 3.05) is 11.9 Å². The SMILES string of the molecule is OC1(CNc2cc(Cl)c(F)c(Cl)c2)CCCCCC1. The number of anilines is 1. The van der Waals surface area contributed by atoms with Crippen LogP contribution >= 0.6 is 23.2 Å². The maximum atomic E-state index is 13.3. The second kappa shape index (κ2) is 6.29. The maximum Gasteiger partial charge on any atom is 0.160 e. The minimum absolute atomic E-state index is 0.0112. The first-order valence-electron chi connectivity index (χ1n) is 6.61. The highest BCUT2D eigenvalue weighted by molar-refractivity contribution is 6.35. The summed E-state index contributed by atoms with van der Waals surface area (Å²) < 4.78 is 13.3. The van der Waals surface area contributed by atoms with Crippen molar-refractivity contribution in [1.29, 1.82) is 0 Å². The maximum absolute atomic E-state index is 13.3. The van der Waals surface area contributed by atoms with Crippen molar-refractivity contribution in [2.24, 2.45) is 0 Å². The van der Waals surface area contributed by atoms with E-state index in [1.54, 1.807) is 0 Å². The summed E-state index contributed by atoms with van der Waals surface area (Å²) in [6, 6.07) is 2.98. The highest BCUT2D eigenvalue weighted by Gasteiger charge is 2.27. The van der Waals surface area contributed by atoms with Crippen LogP contribution < -0.4 is 5.32 Å². The van der Waals surface area contributed by atoms with E-state index in [1.165, 1.54) is 25.0 Å². The number of rotatable bonds is 3. The van der Waals surface area contributed by atoms with Crippen LogP contribution in [-0.2, 0) is 0 Å². The van der Waals surface area contributed by atoms with Crippen LogP contribution in [0.5, 0.6) is 0 Å². The summed E-state index contributed by atoms with van der Waals surface area (Å²) >= 11 is 11.5. The van der Waals surface area contributed by atoms with Crippen LogP contribution in [0.4, 0.5) is 10.1 Å². The number of benzene rings is 1. The van der Waals surface area contributed by atoms with Gasteiger partial charge in [-0.05, 0) is 25.0 Å². The molecule has 0 spiro atoms. The van der Waals surface area contributed by atoms with Crippen LogP contribution in [0, 0.1) is 5.82 Å². The zero-order valence-corrected chi connectivity index (χ0v) is 12.2. The Bertz CT molecular complexity index is 422. The zero-order valence-electron chi connectivity index (χ0n) is 10.7. The fraction of sp³-hybridized carbons (Fsp3) is 0.571. The smallest absolute Gasteiger partial charge is 0.160 e. The highest BCUT2D eigenvalue weighted by atomic mass is 35.5. The lowest BCUT2D eigenvalue weighted by Gasteiger charge is -2.27. The van der Waals surface area contributed by atoms with E-state index in [9.17, 15) is 9.50 Å². The van der Waals surface area contributed by atoms with E-state index in [2.05, 4.69) is 5.32 Å². The van der Waals surface area contributed by atoms with Crippen molar-refractivity contribution in [1.82, 2.24) is 0 Å². The molecule has 1 saturated carbocycles. The lowest BCUT2D eigenvalue weighted by Crippen LogP contribution is -2.36. The summed E-state index contributed by atoms with van der Waals surface area (Å²) in [7, 11) is 0. The number of hydrogen-bond donors (Lipinski definition) is 2. The highest BCUT2D eigenvalue weighted by Crippen LogP contribution is 2.30. The molecule has 19 heavy (non-hydrogen) atoms. The summed E-state index contributed by atoms with van der Waals surface area (Å²) in [5.41, 5.74) is -0.0572. The fourth-order valence-electron chi connectivity index (χ4n) is 2.49. The second-order valence-corrected chi connectivity index (χ2v) is 6.06. The molecule has 0 unspecified atom stereocenters. The standard InChI is InChI=1S/C14H18Cl2FNO/c15-11-7-10(8-12(16)13(11)17)18-9-14(19)5-3-1-2-4-6-14/h7-8,18-19H,1-6,9H2. The number of nitrogens with one attached hydrogen (secondary N) is 1. The number of aliphatic hydroxyl groups is 1. The van der Waals surface area contributed by atoms with Crippen molar-refractivity contribution in [3.63, 3.8) is 0 Å². The molecule has 1 fully saturated rings. The Morgan fingerprint density at radius 3 is 2.16 bits per heavy atom. The molecule has 106 valence electrons. The van der Waals surface area contributed by atoms with E-state index in [1.807, 2.05) is 0 Å². The molecule has 0 aromatic heterocycles. The zero-order chi connectivity index (χ0) is 13.9. The van der Waals surface area contributed by atoms with Gasteiger partial charge in [0, 0.05) is 12.2 Å². The first-order chi connectivity index (χ1) is 9.00. The molecule has 1 aromatic carbocycles. The Kier molecular flexibility index (Phi) is 4.93. The molecule has 2 nitrogen and oxygen atoms in total. The van der Waals surface area contributed by atoms with Gasteiger partial charge in [-0.3, -0.25) is 0 Å². The van der Waals surface area contributed by atoms with Crippen molar-refractivity contribution >= 4 is 28.9 Å². The fourth-order valence-corrected chi connectivity index (χ4v) is 2.97. The Balaban J connectivity index is 2.01. The third-order valence-corrected chi connectivity index (χ3v) is 4.19. The van der Waals surface area contributed by atoms with Gasteiger partial charge in [0.2, 0.25) is 0 Å². The summed E-state index contributed by atoms with van der Waals surface area (Å²) in [4.78, 5) is 0. The predicted molar refractivity (Wildman–Crippen MR) is 77.6 cm³/mol. The third-order valence-electron chi connectivity index (χ3n) is 3.64. The van der Waals surface area contributed by atoms with Crippen molar-refractivity contribution in [3.8, 4) is 0 Å². The van der Waals surface area contributed by atoms with Crippen LogP contribution in [0.3, 0.4) is 0 Å². The second-order valence-electron chi connectivity index (χ2n) is 5.25. The van der Waals surface area contributed by atoms with Gasteiger partial charge in [-0.1, -0.05) is 48.9 Å². The van der Waals surface area contributed by atoms with E-state index in [4.69, 9.17) is 23.2 Å². The molecule has 0 amide bonds. The molecule has 1 aliphatic rings. The molecule has 0 aliphatic heterocycles. The number of hydrogen-bond acceptors (Lipinski definition) is 2. The van der Waals surface area contributed by atoms with Gasteiger partial charge in [-0.2, -0.15) is 0 Å². The first-order valence-corrected chi connectivity index (χ1v) is 7.37. The Labute approximate surface area is 122 Å². The van der Waals surface area contributed by atoms with Crippen LogP contribution in [-0.4, -0.2) is 17.3 Å². The van der Waals surface area contributed by atoms with E-state index in [0.29, 0.717) is 12.2 Å². The average molecular weight is 306 g/mol. The van der Waals surface area contributed by atoms with Crippen molar-refractivity contribution in [2.45, 2.75) is 44.1 Å². The van der Waals surface area contributed by atoms with Crippen molar-refractivity contribution in [3.05, 3.63) is 28.0 Å². The summed E-state index contributed by atoms with van der Waals surface area (Å²) in [6.07, 6.45) is 6.03. The molecule has 1 aromatic rings. The Hall–Kier alpha value is -0.510. The van der Waals surface area contributed by atoms with Gasteiger partial charge >= 0.3 is 0 Å². The van der Waals surface area contributed by atoms with Gasteiger partial charge < -0.3 is 10.4 Å². The largest absolute Gasteiger partial charge is 0.388 e. The molecule has 0 bridgehead atoms. The monoisotopic (exact) mass is 305 g/mol. The average Bonchev–Trinajstić information content (AvgIpc) is 2.59. The van der Waals surface area contributed by atoms with Gasteiger partial charge in [-0.15, -0.1) is 0 Å². The summed E-state index contributed by atoms with van der Waals surface area (Å²) in [6.45, 7) is 0.436. The molecule has 0 atom stereocenters. The first kappa shape index (κ1) is 14.9. The molecule has 0 radical (unpaired) electrons. The van der Waals surface area contributed by atoms with Crippen LogP contribution in [0.2, 0.25) is 10.0 Å². The normalized spacial score (nSPS) is 18.9. The molecular weight excluding hydrogens is 288 g/mol. The molecular formula is C14H18Cl2FNO. The number of halogens is 3. The van der Waals surface area contributed by atoms with Gasteiger partial charge in [0.15, 0.2) is 5.82 Å². The van der Waals surface area contributed by atoms with E-state index < -0.39 is 11.4 Å². The van der Waals surface area contributed by atoms with Gasteiger partial charge in [0.1, 0.15) is 0 Å². The quantitative estimate of drug-likeness (QED) is 0.630. The molecule has 2 rings (SSSR count). The molecule has 2 N–H and O–H groups in total. The van der Waals surface area contributed by atoms with Gasteiger partial charge in [-0.25, -0.2) is 4.39 Å². The molecule has 5 heteroatoms. The van der Waals surface area contributed by atoms with E-state index >= 15 is 0 Å². The van der Waals surface area contributed by atoms with Gasteiger partial charge in [0.05, 0.1) is 15.6 Å². The third kappa shape index (κ3) is 3.98. The summed E-state index contributed by atoms with van der Waals surface area (Å²) in [5, 5.41) is 13.6.